The van der Waals surface area contributed by atoms with Crippen LogP contribution in [-0.4, -0.2) is 22.8 Å². The van der Waals surface area contributed by atoms with Crippen LogP contribution in [0, 0.1) is 5.41 Å². The zero-order valence-electron chi connectivity index (χ0n) is 5.63. The molecule has 0 spiro atoms. The first kappa shape index (κ1) is 8.23. The van der Waals surface area contributed by atoms with E-state index >= 15 is 0 Å². The highest BCUT2D eigenvalue weighted by molar-refractivity contribution is 5.85. The molecule has 0 aromatic rings. The maximum atomic E-state index is 8.62. The lowest BCUT2D eigenvalue weighted by Gasteiger charge is -2.18. The fourth-order valence-electron chi connectivity index (χ4n) is 0.216. The molecule has 0 fully saturated rings. The van der Waals surface area contributed by atoms with Crippen LogP contribution in [0.2, 0.25) is 0 Å². The van der Waals surface area contributed by atoms with Gasteiger partial charge in [-0.15, -0.1) is 0 Å². The van der Waals surface area contributed by atoms with Crippen molar-refractivity contribution >= 4 is 5.84 Å². The van der Waals surface area contributed by atoms with E-state index in [0.29, 0.717) is 0 Å². The Kier molecular flexibility index (Phi) is 2.45. The number of nitrogens with zero attached hydrogens (tertiary/aromatic N) is 1. The molecule has 0 bridgehead atoms. The summed E-state index contributed by atoms with van der Waals surface area (Å²) in [7, 11) is 0. The molecule has 0 heterocycles. The summed E-state index contributed by atoms with van der Waals surface area (Å²) in [5.41, 5.74) is 4.58. The first-order valence-corrected chi connectivity index (χ1v) is 2.63. The Morgan fingerprint density at radius 1 is 1.67 bits per heavy atom. The van der Waals surface area contributed by atoms with Gasteiger partial charge in [-0.25, -0.2) is 0 Å². The van der Waals surface area contributed by atoms with Gasteiger partial charge in [0.1, 0.15) is 5.84 Å². The topological polar surface area (TPSA) is 78.8 Å². The average Bonchev–Trinajstić information content (AvgIpc) is 1.86. The highest BCUT2D eigenvalue weighted by atomic mass is 16.4. The van der Waals surface area contributed by atoms with Gasteiger partial charge in [0.2, 0.25) is 0 Å². The van der Waals surface area contributed by atoms with Crippen LogP contribution in [0.5, 0.6) is 0 Å². The highest BCUT2D eigenvalue weighted by Gasteiger charge is 2.21. The van der Waals surface area contributed by atoms with Crippen molar-refractivity contribution in [1.29, 1.82) is 0 Å². The number of hydrogen-bond donors (Lipinski definition) is 3. The SMILES string of the molecule is CC(C)(CO)C(N)=NO. The van der Waals surface area contributed by atoms with Crippen LogP contribution in [0.3, 0.4) is 0 Å². The van der Waals surface area contributed by atoms with Crippen molar-refractivity contribution < 1.29 is 10.3 Å². The predicted octanol–water partition coefficient (Wildman–Crippen LogP) is -0.249. The van der Waals surface area contributed by atoms with Gasteiger partial charge >= 0.3 is 0 Å². The lowest BCUT2D eigenvalue weighted by Crippen LogP contribution is -2.34. The van der Waals surface area contributed by atoms with Crippen molar-refractivity contribution in [2.24, 2.45) is 16.3 Å². The van der Waals surface area contributed by atoms with E-state index in [1.807, 2.05) is 0 Å². The molecule has 0 aliphatic rings. The Bertz CT molecular complexity index is 120. The molecule has 54 valence electrons. The number of oxime groups is 1. The van der Waals surface area contributed by atoms with Gasteiger partial charge in [-0.1, -0.05) is 19.0 Å². The van der Waals surface area contributed by atoms with Gasteiger partial charge in [0.15, 0.2) is 0 Å². The standard InChI is InChI=1S/C5H12N2O2/c1-5(2,3-8)4(6)7-9/h8-9H,3H2,1-2H3,(H2,6,7). The van der Waals surface area contributed by atoms with Crippen LogP contribution in [0.25, 0.3) is 0 Å². The highest BCUT2D eigenvalue weighted by Crippen LogP contribution is 2.12. The molecular formula is C5H12N2O2. The van der Waals surface area contributed by atoms with Gasteiger partial charge in [-0.05, 0) is 0 Å². The third kappa shape index (κ3) is 1.89. The minimum absolute atomic E-state index is 0.0463. The Morgan fingerprint density at radius 3 is 2.22 bits per heavy atom. The summed E-state index contributed by atoms with van der Waals surface area (Å²) in [5.74, 6) is 0.0463. The summed E-state index contributed by atoms with van der Waals surface area (Å²) < 4.78 is 0. The third-order valence-electron chi connectivity index (χ3n) is 1.20. The molecule has 0 atom stereocenters. The minimum Gasteiger partial charge on any atom is -0.409 e. The zero-order chi connectivity index (χ0) is 7.49. The summed E-state index contributed by atoms with van der Waals surface area (Å²) in [4.78, 5) is 0. The number of aliphatic hydroxyl groups is 1. The summed E-state index contributed by atoms with van der Waals surface area (Å²) >= 11 is 0. The van der Waals surface area contributed by atoms with Crippen LogP contribution in [0.4, 0.5) is 0 Å². The molecule has 4 heteroatoms. The molecule has 0 aromatic heterocycles. The lowest BCUT2D eigenvalue weighted by molar-refractivity contribution is 0.205. The summed E-state index contributed by atoms with van der Waals surface area (Å²) in [6.45, 7) is 3.24. The molecule has 0 aliphatic heterocycles. The van der Waals surface area contributed by atoms with E-state index in [1.165, 1.54) is 0 Å². The Hall–Kier alpha value is -0.770. The second-order valence-corrected chi connectivity index (χ2v) is 2.53. The van der Waals surface area contributed by atoms with Crippen LogP contribution >= 0.6 is 0 Å². The predicted molar refractivity (Wildman–Crippen MR) is 34.3 cm³/mol. The van der Waals surface area contributed by atoms with Gasteiger partial charge < -0.3 is 16.0 Å². The van der Waals surface area contributed by atoms with Gasteiger partial charge in [0.05, 0.1) is 6.61 Å². The van der Waals surface area contributed by atoms with Crippen molar-refractivity contribution in [3.63, 3.8) is 0 Å². The molecule has 0 saturated carbocycles. The lowest BCUT2D eigenvalue weighted by atomic mass is 9.94. The average molecular weight is 132 g/mol. The molecular weight excluding hydrogens is 120 g/mol. The van der Waals surface area contributed by atoms with E-state index in [4.69, 9.17) is 16.0 Å². The van der Waals surface area contributed by atoms with E-state index in [0.717, 1.165) is 0 Å². The smallest absolute Gasteiger partial charge is 0.147 e. The van der Waals surface area contributed by atoms with Crippen molar-refractivity contribution in [1.82, 2.24) is 0 Å². The van der Waals surface area contributed by atoms with Crippen LogP contribution in [0.15, 0.2) is 5.16 Å². The number of aliphatic hydroxyl groups excluding tert-OH is 1. The van der Waals surface area contributed by atoms with Crippen LogP contribution < -0.4 is 5.73 Å². The Morgan fingerprint density at radius 2 is 2.11 bits per heavy atom. The van der Waals surface area contributed by atoms with Gasteiger partial charge in [0, 0.05) is 5.41 Å². The largest absolute Gasteiger partial charge is 0.409 e. The molecule has 0 saturated heterocycles. The van der Waals surface area contributed by atoms with E-state index < -0.39 is 5.41 Å². The zero-order valence-corrected chi connectivity index (χ0v) is 5.63. The molecule has 0 aromatic carbocycles. The minimum atomic E-state index is -0.616. The van der Waals surface area contributed by atoms with E-state index in [-0.39, 0.29) is 12.4 Å². The monoisotopic (exact) mass is 132 g/mol. The van der Waals surface area contributed by atoms with Crippen molar-refractivity contribution in [3.05, 3.63) is 0 Å². The molecule has 0 aliphatic carbocycles. The van der Waals surface area contributed by atoms with E-state index in [9.17, 15) is 0 Å². The van der Waals surface area contributed by atoms with Gasteiger partial charge in [0.25, 0.3) is 0 Å². The molecule has 4 nitrogen and oxygen atoms in total. The number of hydrogen-bond acceptors (Lipinski definition) is 3. The molecule has 0 rings (SSSR count). The number of rotatable bonds is 2. The Balaban J connectivity index is 4.14. The first-order chi connectivity index (χ1) is 4.04. The fourth-order valence-corrected chi connectivity index (χ4v) is 0.216. The van der Waals surface area contributed by atoms with E-state index in [2.05, 4.69) is 5.16 Å². The fraction of sp³-hybridized carbons (Fsp3) is 0.800. The van der Waals surface area contributed by atoms with Crippen LogP contribution in [-0.2, 0) is 0 Å². The van der Waals surface area contributed by atoms with Gasteiger partial charge in [-0.2, -0.15) is 0 Å². The first-order valence-electron chi connectivity index (χ1n) is 2.63. The molecule has 0 radical (unpaired) electrons. The third-order valence-corrected chi connectivity index (χ3v) is 1.20. The summed E-state index contributed by atoms with van der Waals surface area (Å²) in [6, 6.07) is 0. The second-order valence-electron chi connectivity index (χ2n) is 2.53. The summed E-state index contributed by atoms with van der Waals surface area (Å²) in [5, 5.41) is 19.5. The van der Waals surface area contributed by atoms with Crippen molar-refractivity contribution in [2.45, 2.75) is 13.8 Å². The van der Waals surface area contributed by atoms with Crippen LogP contribution in [0.1, 0.15) is 13.8 Å². The normalized spacial score (nSPS) is 13.9. The van der Waals surface area contributed by atoms with E-state index in [1.54, 1.807) is 13.8 Å². The molecule has 9 heavy (non-hydrogen) atoms. The number of amidine groups is 1. The summed E-state index contributed by atoms with van der Waals surface area (Å²) in [6.07, 6.45) is 0. The maximum Gasteiger partial charge on any atom is 0.147 e. The molecule has 0 unspecified atom stereocenters. The van der Waals surface area contributed by atoms with Gasteiger partial charge in [-0.3, -0.25) is 0 Å². The Labute approximate surface area is 54.0 Å². The number of nitrogens with two attached hydrogens (primary N) is 1. The molecule has 0 amide bonds. The van der Waals surface area contributed by atoms with Crippen molar-refractivity contribution in [2.75, 3.05) is 6.61 Å². The molecule has 4 N–H and O–H groups in total. The second kappa shape index (κ2) is 2.68. The quantitative estimate of drug-likeness (QED) is 0.210. The maximum absolute atomic E-state index is 8.62. The van der Waals surface area contributed by atoms with Crippen molar-refractivity contribution in [3.8, 4) is 0 Å².